The minimum Gasteiger partial charge on any atom is -0.474 e. The van der Waals surface area contributed by atoms with Gasteiger partial charge >= 0.3 is 6.18 Å². The van der Waals surface area contributed by atoms with Crippen LogP contribution in [0.4, 0.5) is 13.2 Å². The lowest BCUT2D eigenvalue weighted by Crippen LogP contribution is -2.59. The maximum Gasteiger partial charge on any atom is 0.435 e. The highest BCUT2D eigenvalue weighted by atomic mass is 19.4. The number of carbonyl (C=O) groups is 2. The van der Waals surface area contributed by atoms with Crippen LogP contribution in [0.15, 0.2) is 24.4 Å². The molecule has 30 heavy (non-hydrogen) atoms. The Bertz CT molecular complexity index is 990. The molecule has 2 fully saturated rings. The van der Waals surface area contributed by atoms with Crippen molar-refractivity contribution in [2.45, 2.75) is 44.0 Å². The number of alkyl halides is 3. The number of nitrogens with one attached hydrogen (secondary N) is 1. The van der Waals surface area contributed by atoms with Gasteiger partial charge in [-0.3, -0.25) is 14.3 Å². The summed E-state index contributed by atoms with van der Waals surface area (Å²) in [5, 5.41) is 6.12. The molecule has 0 saturated heterocycles. The number of primary amides is 1. The zero-order valence-electron chi connectivity index (χ0n) is 16.1. The van der Waals surface area contributed by atoms with Gasteiger partial charge in [0.1, 0.15) is 17.4 Å². The van der Waals surface area contributed by atoms with E-state index in [9.17, 15) is 22.8 Å². The molecule has 0 atom stereocenters. The van der Waals surface area contributed by atoms with E-state index in [2.05, 4.69) is 15.4 Å². The Morgan fingerprint density at radius 1 is 1.30 bits per heavy atom. The summed E-state index contributed by atoms with van der Waals surface area (Å²) >= 11 is 0. The fraction of sp³-hybridized carbons (Fsp3) is 0.474. The van der Waals surface area contributed by atoms with Crippen molar-refractivity contribution in [1.29, 1.82) is 0 Å². The molecule has 0 aromatic carbocycles. The molecular formula is C19H20F3N5O3. The predicted octanol–water partition coefficient (Wildman–Crippen LogP) is 2.05. The monoisotopic (exact) mass is 423 g/mol. The van der Waals surface area contributed by atoms with Crippen LogP contribution in [0, 0.1) is 5.41 Å². The number of rotatable bonds is 5. The summed E-state index contributed by atoms with van der Waals surface area (Å²) in [6, 6.07) is 3.80. The molecule has 11 heteroatoms. The highest BCUT2D eigenvalue weighted by molar-refractivity contribution is 5.95. The summed E-state index contributed by atoms with van der Waals surface area (Å²) < 4.78 is 45.0. The minimum atomic E-state index is -4.60. The van der Waals surface area contributed by atoms with Gasteiger partial charge in [0.15, 0.2) is 5.69 Å². The third kappa shape index (κ3) is 3.71. The molecule has 0 aliphatic heterocycles. The Morgan fingerprint density at radius 2 is 2.00 bits per heavy atom. The maximum atomic E-state index is 12.8. The molecular weight excluding hydrogens is 403 g/mol. The molecule has 0 unspecified atom stereocenters. The van der Waals surface area contributed by atoms with Gasteiger partial charge in [0.2, 0.25) is 5.88 Å². The second-order valence-corrected chi connectivity index (χ2v) is 7.98. The van der Waals surface area contributed by atoms with Gasteiger partial charge in [0.25, 0.3) is 11.8 Å². The zero-order valence-corrected chi connectivity index (χ0v) is 16.1. The number of amides is 2. The zero-order chi connectivity index (χ0) is 21.7. The number of carbonyl (C=O) groups excluding carboxylic acids is 2. The third-order valence-electron chi connectivity index (χ3n) is 5.73. The van der Waals surface area contributed by atoms with Crippen LogP contribution in [0.3, 0.4) is 0 Å². The number of ether oxygens (including phenoxy) is 1. The van der Waals surface area contributed by atoms with E-state index in [-0.39, 0.29) is 34.7 Å². The number of hydrogen-bond acceptors (Lipinski definition) is 5. The highest BCUT2D eigenvalue weighted by Gasteiger charge is 2.54. The van der Waals surface area contributed by atoms with E-state index in [4.69, 9.17) is 10.5 Å². The first kappa shape index (κ1) is 20.2. The van der Waals surface area contributed by atoms with Gasteiger partial charge in [-0.2, -0.15) is 18.3 Å². The van der Waals surface area contributed by atoms with E-state index in [1.54, 1.807) is 12.1 Å². The van der Waals surface area contributed by atoms with Crippen molar-refractivity contribution in [2.24, 2.45) is 18.2 Å². The predicted molar refractivity (Wildman–Crippen MR) is 97.5 cm³/mol. The van der Waals surface area contributed by atoms with Crippen LogP contribution in [0.5, 0.6) is 5.88 Å². The molecule has 2 aliphatic rings. The summed E-state index contributed by atoms with van der Waals surface area (Å²) in [4.78, 5) is 27.8. The molecule has 2 heterocycles. The van der Waals surface area contributed by atoms with Crippen molar-refractivity contribution in [3.05, 3.63) is 41.3 Å². The van der Waals surface area contributed by atoms with Gasteiger partial charge in [-0.15, -0.1) is 0 Å². The number of aromatic nitrogens is 3. The second-order valence-electron chi connectivity index (χ2n) is 7.98. The molecule has 4 rings (SSSR count). The Morgan fingerprint density at radius 3 is 2.60 bits per heavy atom. The van der Waals surface area contributed by atoms with Gasteiger partial charge in [-0.05, 0) is 43.2 Å². The van der Waals surface area contributed by atoms with Crippen LogP contribution >= 0.6 is 0 Å². The largest absolute Gasteiger partial charge is 0.474 e. The SMILES string of the molecule is Cn1nc(C(F)(F)F)cc1C(=O)NC1CC2(C1)CC(Oc1ncccc1C(N)=O)C2. The van der Waals surface area contributed by atoms with E-state index in [0.29, 0.717) is 12.8 Å². The Kier molecular flexibility index (Phi) is 4.70. The first-order chi connectivity index (χ1) is 14.1. The maximum absolute atomic E-state index is 12.8. The topological polar surface area (TPSA) is 112 Å². The van der Waals surface area contributed by atoms with Gasteiger partial charge in [0.05, 0.1) is 0 Å². The number of aryl methyl sites for hydroxylation is 1. The molecule has 8 nitrogen and oxygen atoms in total. The Hall–Kier alpha value is -3.11. The number of hydrogen-bond donors (Lipinski definition) is 2. The summed E-state index contributed by atoms with van der Waals surface area (Å²) in [5.74, 6) is -0.972. The second kappa shape index (κ2) is 6.99. The fourth-order valence-electron chi connectivity index (χ4n) is 4.32. The molecule has 2 aliphatic carbocycles. The van der Waals surface area contributed by atoms with Crippen LogP contribution in [0.1, 0.15) is 52.2 Å². The van der Waals surface area contributed by atoms with Gasteiger partial charge < -0.3 is 15.8 Å². The normalized spacial score (nSPS) is 25.3. The lowest BCUT2D eigenvalue weighted by molar-refractivity contribution is -0.141. The van der Waals surface area contributed by atoms with Crippen molar-refractivity contribution < 1.29 is 27.5 Å². The van der Waals surface area contributed by atoms with Gasteiger partial charge in [0, 0.05) is 25.4 Å². The van der Waals surface area contributed by atoms with Crippen molar-refractivity contribution >= 4 is 11.8 Å². The standard InChI is InChI=1S/C19H20F3N5O3/c1-27-13(5-14(26-27)19(20,21)22)16(29)25-10-6-18(7-10)8-11(9-18)30-17-12(15(23)28)3-2-4-24-17/h2-5,10-11H,6-9H2,1H3,(H2,23,28)(H,25,29). The molecule has 0 radical (unpaired) electrons. The van der Waals surface area contributed by atoms with Crippen LogP contribution in [0.25, 0.3) is 0 Å². The summed E-state index contributed by atoms with van der Waals surface area (Å²) in [5.41, 5.74) is 4.36. The quantitative estimate of drug-likeness (QED) is 0.765. The van der Waals surface area contributed by atoms with Crippen LogP contribution in [-0.4, -0.2) is 38.7 Å². The molecule has 2 aromatic rings. The average Bonchev–Trinajstić information content (AvgIpc) is 3.00. The van der Waals surface area contributed by atoms with E-state index in [1.807, 2.05) is 0 Å². The average molecular weight is 423 g/mol. The Balaban J connectivity index is 1.28. The van der Waals surface area contributed by atoms with E-state index < -0.39 is 23.7 Å². The van der Waals surface area contributed by atoms with Crippen LogP contribution in [-0.2, 0) is 13.2 Å². The van der Waals surface area contributed by atoms with Gasteiger partial charge in [-0.1, -0.05) is 0 Å². The van der Waals surface area contributed by atoms with Crippen molar-refractivity contribution in [1.82, 2.24) is 20.1 Å². The van der Waals surface area contributed by atoms with Crippen molar-refractivity contribution in [2.75, 3.05) is 0 Å². The summed E-state index contributed by atoms with van der Waals surface area (Å²) in [7, 11) is 1.30. The number of pyridine rings is 1. The van der Waals surface area contributed by atoms with E-state index in [1.165, 1.54) is 13.2 Å². The lowest BCUT2D eigenvalue weighted by Gasteiger charge is -2.57. The third-order valence-corrected chi connectivity index (χ3v) is 5.73. The summed E-state index contributed by atoms with van der Waals surface area (Å²) in [6.07, 6.45) is -0.244. The first-order valence-corrected chi connectivity index (χ1v) is 9.40. The molecule has 2 saturated carbocycles. The van der Waals surface area contributed by atoms with Gasteiger partial charge in [-0.25, -0.2) is 4.98 Å². The molecule has 160 valence electrons. The lowest BCUT2D eigenvalue weighted by atomic mass is 9.53. The summed E-state index contributed by atoms with van der Waals surface area (Å²) in [6.45, 7) is 0. The first-order valence-electron chi connectivity index (χ1n) is 9.40. The fourth-order valence-corrected chi connectivity index (χ4v) is 4.32. The van der Waals surface area contributed by atoms with Crippen LogP contribution in [0.2, 0.25) is 0 Å². The number of nitrogens with two attached hydrogens (primary N) is 1. The molecule has 3 N–H and O–H groups in total. The Labute approximate surface area is 169 Å². The molecule has 2 amide bonds. The molecule has 2 aromatic heterocycles. The smallest absolute Gasteiger partial charge is 0.435 e. The van der Waals surface area contributed by atoms with Crippen molar-refractivity contribution in [3.63, 3.8) is 0 Å². The molecule has 1 spiro atoms. The highest BCUT2D eigenvalue weighted by Crippen LogP contribution is 2.56. The molecule has 0 bridgehead atoms. The number of halogens is 3. The van der Waals surface area contributed by atoms with Crippen LogP contribution < -0.4 is 15.8 Å². The van der Waals surface area contributed by atoms with E-state index in [0.717, 1.165) is 23.6 Å². The van der Waals surface area contributed by atoms with Crippen molar-refractivity contribution in [3.8, 4) is 5.88 Å². The number of nitrogens with zero attached hydrogens (tertiary/aromatic N) is 3. The van der Waals surface area contributed by atoms with E-state index >= 15 is 0 Å². The minimum absolute atomic E-state index is 0.0356.